The van der Waals surface area contributed by atoms with Crippen molar-refractivity contribution in [1.82, 2.24) is 5.32 Å². The molecule has 0 aliphatic carbocycles. The third kappa shape index (κ3) is 8.38. The highest BCUT2D eigenvalue weighted by atomic mass is 32.1. The summed E-state index contributed by atoms with van der Waals surface area (Å²) >= 11 is 3.10. The number of aryl methyl sites for hydroxylation is 1. The molecule has 2 N–H and O–H groups in total. The Morgan fingerprint density at radius 2 is 1.29 bits per heavy atom. The smallest absolute Gasteiger partial charge is 0.335 e. The predicted octanol–water partition coefficient (Wildman–Crippen LogP) is 6.69. The summed E-state index contributed by atoms with van der Waals surface area (Å²) in [4.78, 5) is 24.6. The number of carbonyl (C=O) groups excluding carboxylic acids is 1. The van der Waals surface area contributed by atoms with Gasteiger partial charge in [0.2, 0.25) is 11.7 Å². The second-order valence-corrected chi connectivity index (χ2v) is 9.27. The fraction of sp³-hybridized carbons (Fsp3) is 0.133. The number of nitrogens with zero attached hydrogens (tertiary/aromatic N) is 1. The zero-order chi connectivity index (χ0) is 30.1. The van der Waals surface area contributed by atoms with E-state index in [4.69, 9.17) is 5.11 Å². The summed E-state index contributed by atoms with van der Waals surface area (Å²) in [6, 6.07) is 24.3. The summed E-state index contributed by atoms with van der Waals surface area (Å²) in [6.45, 7) is 3.24. The van der Waals surface area contributed by atoms with Gasteiger partial charge in [0.05, 0.1) is 23.5 Å². The van der Waals surface area contributed by atoms with Crippen LogP contribution in [0.4, 0.5) is 27.6 Å². The van der Waals surface area contributed by atoms with E-state index in [0.29, 0.717) is 18.8 Å². The molecule has 1 amide bonds. The van der Waals surface area contributed by atoms with Crippen LogP contribution in [0.2, 0.25) is 0 Å². The van der Waals surface area contributed by atoms with Gasteiger partial charge >= 0.3 is 5.97 Å². The number of thiol groups is 1. The number of hydrogen-bond acceptors (Lipinski definition) is 4. The van der Waals surface area contributed by atoms with Crippen LogP contribution in [0.25, 0.3) is 0 Å². The number of nitrogens with one attached hydrogen (secondary N) is 1. The average Bonchev–Trinajstić information content (AvgIpc) is 2.98. The Morgan fingerprint density at radius 3 is 1.83 bits per heavy atom. The topological polar surface area (TPSA) is 69.6 Å². The molecule has 5 nitrogen and oxygen atoms in total. The van der Waals surface area contributed by atoms with Gasteiger partial charge in [-0.1, -0.05) is 60.2 Å². The third-order valence-electron chi connectivity index (χ3n) is 5.82. The number of carboxylic acids is 1. The summed E-state index contributed by atoms with van der Waals surface area (Å²) in [5, 5.41) is 12.3. The van der Waals surface area contributed by atoms with Crippen LogP contribution < -0.4 is 10.2 Å². The molecule has 4 aromatic rings. The summed E-state index contributed by atoms with van der Waals surface area (Å²) in [5.41, 5.74) is 4.17. The summed E-state index contributed by atoms with van der Waals surface area (Å²) < 4.78 is 61.3. The molecule has 0 aliphatic heterocycles. The maximum Gasteiger partial charge on any atom is 0.335 e. The lowest BCUT2D eigenvalue weighted by atomic mass is 10.1. The lowest BCUT2D eigenvalue weighted by molar-refractivity contribution is -0.118. The molecular weight excluding hydrogens is 563 g/mol. The van der Waals surface area contributed by atoms with Crippen molar-refractivity contribution in [3.63, 3.8) is 0 Å². The first-order valence-corrected chi connectivity index (χ1v) is 12.6. The molecule has 41 heavy (non-hydrogen) atoms. The molecule has 0 atom stereocenters. The number of halogens is 5. The minimum Gasteiger partial charge on any atom is -0.478 e. The molecule has 0 aliphatic rings. The number of carboxylic acid groups (broad SMARTS) is 1. The molecule has 0 saturated carbocycles. The van der Waals surface area contributed by atoms with E-state index in [1.807, 2.05) is 61.5 Å². The van der Waals surface area contributed by atoms with Gasteiger partial charge in [-0.25, -0.2) is 26.7 Å². The quantitative estimate of drug-likeness (QED) is 0.0929. The van der Waals surface area contributed by atoms with Gasteiger partial charge in [-0.05, 0) is 42.3 Å². The van der Waals surface area contributed by atoms with Gasteiger partial charge in [0.1, 0.15) is 0 Å². The normalized spacial score (nSPS) is 10.5. The summed E-state index contributed by atoms with van der Waals surface area (Å²) in [5.74, 6) is -11.1. The van der Waals surface area contributed by atoms with Gasteiger partial charge in [-0.2, -0.15) is 0 Å². The van der Waals surface area contributed by atoms with E-state index in [2.05, 4.69) is 17.9 Å². The van der Waals surface area contributed by atoms with Gasteiger partial charge < -0.3 is 15.3 Å². The lowest BCUT2D eigenvalue weighted by Crippen LogP contribution is -2.37. The molecule has 214 valence electrons. The zero-order valence-corrected chi connectivity index (χ0v) is 22.6. The summed E-state index contributed by atoms with van der Waals surface area (Å²) in [7, 11) is 0. The van der Waals surface area contributed by atoms with Crippen LogP contribution in [0.15, 0.2) is 83.8 Å². The molecule has 11 heteroatoms. The largest absolute Gasteiger partial charge is 0.478 e. The van der Waals surface area contributed by atoms with Crippen LogP contribution in [-0.4, -0.2) is 23.5 Å². The van der Waals surface area contributed by atoms with Gasteiger partial charge in [0.15, 0.2) is 23.3 Å². The minimum atomic E-state index is -2.18. The van der Waals surface area contributed by atoms with Gasteiger partial charge in [0, 0.05) is 12.2 Å². The van der Waals surface area contributed by atoms with Crippen LogP contribution in [0.3, 0.4) is 0 Å². The number of benzene rings is 4. The van der Waals surface area contributed by atoms with Crippen molar-refractivity contribution in [3.05, 3.63) is 130 Å². The minimum absolute atomic E-state index is 0.0796. The Labute approximate surface area is 238 Å². The Balaban J connectivity index is 0.000000322. The number of amides is 1. The predicted molar refractivity (Wildman–Crippen MR) is 147 cm³/mol. The molecule has 0 aromatic heterocycles. The molecule has 0 spiro atoms. The van der Waals surface area contributed by atoms with E-state index >= 15 is 0 Å². The van der Waals surface area contributed by atoms with Gasteiger partial charge in [-0.3, -0.25) is 4.79 Å². The van der Waals surface area contributed by atoms with Crippen molar-refractivity contribution in [1.29, 1.82) is 0 Å². The SMILES string of the molecule is Cc1ccc(CNCC(=O)N(Cc2ccccc2)c2ccc(C(=O)O)cc2)cc1.Fc1c(F)c(F)c(S)c(F)c1F. The molecule has 4 aromatic carbocycles. The van der Waals surface area contributed by atoms with Crippen LogP contribution >= 0.6 is 12.6 Å². The van der Waals surface area contributed by atoms with Crippen molar-refractivity contribution in [2.75, 3.05) is 11.4 Å². The molecular formula is C30H25F5N2O3S. The average molecular weight is 589 g/mol. The van der Waals surface area contributed by atoms with Crippen molar-refractivity contribution in [2.24, 2.45) is 0 Å². The number of rotatable bonds is 8. The number of carbonyl (C=O) groups is 2. The van der Waals surface area contributed by atoms with E-state index in [-0.39, 0.29) is 18.0 Å². The van der Waals surface area contributed by atoms with E-state index in [9.17, 15) is 31.5 Å². The highest BCUT2D eigenvalue weighted by Gasteiger charge is 2.23. The fourth-order valence-electron chi connectivity index (χ4n) is 3.58. The first-order valence-electron chi connectivity index (χ1n) is 12.1. The van der Waals surface area contributed by atoms with Crippen molar-refractivity contribution >= 4 is 30.2 Å². The fourth-order valence-corrected chi connectivity index (χ4v) is 3.78. The number of anilines is 1. The molecule has 0 saturated heterocycles. The lowest BCUT2D eigenvalue weighted by Gasteiger charge is -2.23. The maximum atomic E-state index is 13.0. The monoisotopic (exact) mass is 588 g/mol. The first-order chi connectivity index (χ1) is 19.5. The Hall–Kier alpha value is -4.22. The van der Waals surface area contributed by atoms with Crippen molar-refractivity contribution in [2.45, 2.75) is 24.9 Å². The second kappa shape index (κ2) is 14.4. The van der Waals surface area contributed by atoms with E-state index in [0.717, 1.165) is 11.1 Å². The van der Waals surface area contributed by atoms with E-state index in [1.165, 1.54) is 17.7 Å². The standard InChI is InChI=1S/C24H24N2O3.C6HF5S/c1-18-7-9-19(10-8-18)15-25-16-23(27)26(17-20-5-3-2-4-6-20)22-13-11-21(12-14-22)24(28)29;7-1-2(8)4(10)6(12)5(11)3(1)9/h2-14,25H,15-17H2,1H3,(H,28,29);12H. The Kier molecular flexibility index (Phi) is 11.0. The maximum absolute atomic E-state index is 13.0. The highest BCUT2D eigenvalue weighted by Crippen LogP contribution is 2.25. The zero-order valence-electron chi connectivity index (χ0n) is 21.7. The highest BCUT2D eigenvalue weighted by molar-refractivity contribution is 7.80. The third-order valence-corrected chi connectivity index (χ3v) is 6.22. The molecule has 0 unspecified atom stereocenters. The molecule has 0 heterocycles. The molecule has 0 bridgehead atoms. The Morgan fingerprint density at radius 1 is 0.756 bits per heavy atom. The van der Waals surface area contributed by atoms with E-state index in [1.54, 1.807) is 17.0 Å². The van der Waals surface area contributed by atoms with Gasteiger partial charge in [-0.15, -0.1) is 12.6 Å². The van der Waals surface area contributed by atoms with E-state index < -0.39 is 40.0 Å². The van der Waals surface area contributed by atoms with Crippen molar-refractivity contribution in [3.8, 4) is 0 Å². The van der Waals surface area contributed by atoms with Crippen molar-refractivity contribution < 1.29 is 36.6 Å². The number of aromatic carboxylic acids is 1. The van der Waals surface area contributed by atoms with Crippen LogP contribution in [-0.2, 0) is 17.9 Å². The second-order valence-electron chi connectivity index (χ2n) is 8.83. The summed E-state index contributed by atoms with van der Waals surface area (Å²) in [6.07, 6.45) is 0. The first kappa shape index (κ1) is 31.3. The van der Waals surface area contributed by atoms with Crippen LogP contribution in [0.5, 0.6) is 0 Å². The Bertz CT molecular complexity index is 1400. The van der Waals surface area contributed by atoms with Gasteiger partial charge in [0.25, 0.3) is 0 Å². The van der Waals surface area contributed by atoms with Crippen LogP contribution in [0.1, 0.15) is 27.0 Å². The molecule has 0 radical (unpaired) electrons. The molecule has 0 fully saturated rings. The molecule has 4 rings (SSSR count). The van der Waals surface area contributed by atoms with Crippen LogP contribution in [0, 0.1) is 36.0 Å². The number of hydrogen-bond donors (Lipinski definition) is 3.